The predicted octanol–water partition coefficient (Wildman–Crippen LogP) is 5.45. The van der Waals surface area contributed by atoms with Crippen molar-refractivity contribution in [2.24, 2.45) is 0 Å². The highest BCUT2D eigenvalue weighted by molar-refractivity contribution is 7.85. The topological polar surface area (TPSA) is 153 Å². The van der Waals surface area contributed by atoms with Crippen molar-refractivity contribution in [3.05, 3.63) is 71.3 Å². The molecule has 250 valence electrons. The average Bonchev–Trinajstić information content (AvgIpc) is 3.44. The van der Waals surface area contributed by atoms with E-state index in [0.717, 1.165) is 54.1 Å². The van der Waals surface area contributed by atoms with Crippen LogP contribution in [0.2, 0.25) is 0 Å². The second kappa shape index (κ2) is 13.1. The Balaban J connectivity index is 1.17. The minimum Gasteiger partial charge on any atom is -0.484 e. The largest absolute Gasteiger partial charge is 0.484 e. The molecule has 3 atom stereocenters. The number of nitrogens with one attached hydrogen (secondary N) is 2. The standard InChI is InChI=1S/C33H42N8O5S/c1-21-10-8-9-17-40(21)32-39-38-30-16-13-22(19-41(30)32)46-26-15-14-25(23-11-6-7-12-24(23)26)34-31(42)37-28-18-27(33(2,3)4)35-29(36-28)20-45-47(5,43)44/h6-7,11-13,16,18-19,21,25-26H,8-10,14-15,17,20H2,1-5H3,(H2,34,35,36,37,42)/t21?,25-,26+/m0/s1. The van der Waals surface area contributed by atoms with Gasteiger partial charge in [0.15, 0.2) is 11.5 Å². The van der Waals surface area contributed by atoms with Crippen LogP contribution in [0.1, 0.15) is 94.6 Å². The summed E-state index contributed by atoms with van der Waals surface area (Å²) in [6.45, 7) is 8.76. The molecule has 1 aromatic carbocycles. The monoisotopic (exact) mass is 662 g/mol. The number of urea groups is 1. The van der Waals surface area contributed by atoms with Crippen molar-refractivity contribution < 1.29 is 22.1 Å². The summed E-state index contributed by atoms with van der Waals surface area (Å²) in [5.74, 6) is 1.97. The van der Waals surface area contributed by atoms with Gasteiger partial charge >= 0.3 is 6.03 Å². The van der Waals surface area contributed by atoms with Gasteiger partial charge in [0.1, 0.15) is 24.3 Å². The second-order valence-corrected chi connectivity index (χ2v) is 15.0. The van der Waals surface area contributed by atoms with Crippen LogP contribution in [0.4, 0.5) is 16.6 Å². The molecule has 1 unspecified atom stereocenters. The number of amides is 2. The minimum atomic E-state index is -3.69. The van der Waals surface area contributed by atoms with Crippen molar-refractivity contribution in [1.82, 2.24) is 29.9 Å². The van der Waals surface area contributed by atoms with Crippen molar-refractivity contribution in [2.75, 3.05) is 23.0 Å². The number of ether oxygens (including phenoxy) is 1. The van der Waals surface area contributed by atoms with Gasteiger partial charge in [-0.2, -0.15) is 8.42 Å². The third kappa shape index (κ3) is 7.65. The summed E-state index contributed by atoms with van der Waals surface area (Å²) in [4.78, 5) is 24.4. The summed E-state index contributed by atoms with van der Waals surface area (Å²) in [5, 5.41) is 14.8. The molecule has 4 aromatic rings. The second-order valence-electron chi connectivity index (χ2n) is 13.4. The van der Waals surface area contributed by atoms with Crippen molar-refractivity contribution in [3.63, 3.8) is 0 Å². The van der Waals surface area contributed by atoms with Crippen molar-refractivity contribution in [1.29, 1.82) is 0 Å². The molecule has 0 saturated carbocycles. The molecule has 0 spiro atoms. The van der Waals surface area contributed by atoms with Gasteiger partial charge in [0.05, 0.1) is 24.2 Å². The highest BCUT2D eigenvalue weighted by atomic mass is 32.2. The molecule has 1 saturated heterocycles. The number of nitrogens with zero attached hydrogens (tertiary/aromatic N) is 6. The molecular formula is C33H42N8O5S. The Morgan fingerprint density at radius 2 is 1.81 bits per heavy atom. The van der Waals surface area contributed by atoms with Gasteiger partial charge < -0.3 is 15.0 Å². The van der Waals surface area contributed by atoms with Gasteiger partial charge in [-0.1, -0.05) is 45.0 Å². The lowest BCUT2D eigenvalue weighted by atomic mass is 9.85. The third-order valence-electron chi connectivity index (χ3n) is 8.62. The third-order valence-corrected chi connectivity index (χ3v) is 9.17. The van der Waals surface area contributed by atoms with Crippen LogP contribution in [0.3, 0.4) is 0 Å². The zero-order chi connectivity index (χ0) is 33.3. The van der Waals surface area contributed by atoms with Crippen LogP contribution in [-0.2, 0) is 26.3 Å². The van der Waals surface area contributed by atoms with E-state index in [9.17, 15) is 13.2 Å². The van der Waals surface area contributed by atoms with Gasteiger partial charge in [0, 0.05) is 24.1 Å². The lowest BCUT2D eigenvalue weighted by Gasteiger charge is -2.33. The summed E-state index contributed by atoms with van der Waals surface area (Å²) in [5.41, 5.74) is 3.03. The van der Waals surface area contributed by atoms with E-state index in [1.807, 2.05) is 67.8 Å². The molecule has 0 radical (unpaired) electrons. The predicted molar refractivity (Wildman–Crippen MR) is 178 cm³/mol. The van der Waals surface area contributed by atoms with Crippen molar-refractivity contribution in [2.45, 2.75) is 90.0 Å². The van der Waals surface area contributed by atoms with Crippen molar-refractivity contribution >= 4 is 33.6 Å². The van der Waals surface area contributed by atoms with Gasteiger partial charge in [-0.3, -0.25) is 13.9 Å². The number of benzene rings is 1. The maximum Gasteiger partial charge on any atom is 0.320 e. The Morgan fingerprint density at radius 3 is 2.55 bits per heavy atom. The van der Waals surface area contributed by atoms with Crippen LogP contribution in [0.15, 0.2) is 48.7 Å². The van der Waals surface area contributed by atoms with Gasteiger partial charge in [0.25, 0.3) is 10.1 Å². The number of pyridine rings is 1. The molecular weight excluding hydrogens is 620 g/mol. The fourth-order valence-electron chi connectivity index (χ4n) is 6.19. The lowest BCUT2D eigenvalue weighted by molar-refractivity contribution is 0.171. The number of carbonyl (C=O) groups is 1. The van der Waals surface area contributed by atoms with Gasteiger partial charge in [-0.15, -0.1) is 10.2 Å². The van der Waals surface area contributed by atoms with Gasteiger partial charge in [-0.05, 0) is 62.3 Å². The molecule has 3 aromatic heterocycles. The van der Waals surface area contributed by atoms with Crippen LogP contribution in [-0.4, -0.2) is 57.9 Å². The number of aromatic nitrogens is 5. The van der Waals surface area contributed by atoms with Gasteiger partial charge in [0.2, 0.25) is 5.95 Å². The zero-order valence-electron chi connectivity index (χ0n) is 27.4. The average molecular weight is 663 g/mol. The number of piperidine rings is 1. The molecule has 1 aliphatic heterocycles. The van der Waals surface area contributed by atoms with Crippen LogP contribution >= 0.6 is 0 Å². The van der Waals surface area contributed by atoms with E-state index in [4.69, 9.17) is 8.92 Å². The number of anilines is 2. The van der Waals surface area contributed by atoms with Crippen LogP contribution in [0.5, 0.6) is 5.75 Å². The molecule has 47 heavy (non-hydrogen) atoms. The molecule has 1 fully saturated rings. The van der Waals surface area contributed by atoms with E-state index >= 15 is 0 Å². The smallest absolute Gasteiger partial charge is 0.320 e. The number of fused-ring (bicyclic) bond motifs is 2. The van der Waals surface area contributed by atoms with Crippen molar-refractivity contribution in [3.8, 4) is 5.75 Å². The van der Waals surface area contributed by atoms with Crippen LogP contribution in [0.25, 0.3) is 5.65 Å². The first-order valence-corrected chi connectivity index (χ1v) is 17.8. The SMILES string of the molecule is CC1CCCCN1c1nnc2ccc(O[C@@H]3CC[C@H](NC(=O)Nc4cc(C(C)(C)C)nc(COS(C)(=O)=O)n4)c4ccccc43)cn12. The maximum atomic E-state index is 13.3. The minimum absolute atomic E-state index is 0.156. The molecule has 13 nitrogen and oxygen atoms in total. The van der Waals surface area contributed by atoms with E-state index in [1.54, 1.807) is 6.07 Å². The molecule has 1 aliphatic carbocycles. The maximum absolute atomic E-state index is 13.3. The number of hydrogen-bond donors (Lipinski definition) is 2. The molecule has 2 amide bonds. The van der Waals surface area contributed by atoms with Gasteiger partial charge in [-0.25, -0.2) is 14.8 Å². The summed E-state index contributed by atoms with van der Waals surface area (Å²) in [6, 6.07) is 13.2. The van der Waals surface area contributed by atoms with E-state index in [2.05, 4.69) is 42.6 Å². The molecule has 4 heterocycles. The summed E-state index contributed by atoms with van der Waals surface area (Å²) in [6.07, 6.45) is 7.58. The Labute approximate surface area is 275 Å². The van der Waals surface area contributed by atoms with E-state index in [-0.39, 0.29) is 35.8 Å². The Bertz CT molecular complexity index is 1870. The zero-order valence-corrected chi connectivity index (χ0v) is 28.2. The first-order chi connectivity index (χ1) is 22.3. The first kappa shape index (κ1) is 32.6. The highest BCUT2D eigenvalue weighted by Crippen LogP contribution is 2.39. The summed E-state index contributed by atoms with van der Waals surface area (Å²) >= 11 is 0. The summed E-state index contributed by atoms with van der Waals surface area (Å²) < 4.78 is 36.6. The lowest BCUT2D eigenvalue weighted by Crippen LogP contribution is -2.38. The highest BCUT2D eigenvalue weighted by Gasteiger charge is 2.30. The molecule has 2 N–H and O–H groups in total. The summed E-state index contributed by atoms with van der Waals surface area (Å²) in [7, 11) is -3.69. The molecule has 0 bridgehead atoms. The number of carbonyl (C=O) groups excluding carboxylic acids is 1. The quantitative estimate of drug-likeness (QED) is 0.233. The Morgan fingerprint density at radius 1 is 1.02 bits per heavy atom. The van der Waals surface area contributed by atoms with Crippen LogP contribution in [0, 0.1) is 0 Å². The number of rotatable bonds is 8. The van der Waals surface area contributed by atoms with E-state index < -0.39 is 16.1 Å². The Kier molecular flexibility index (Phi) is 9.07. The van der Waals surface area contributed by atoms with Crippen LogP contribution < -0.4 is 20.3 Å². The first-order valence-electron chi connectivity index (χ1n) is 16.0. The molecule has 6 rings (SSSR count). The van der Waals surface area contributed by atoms with E-state index in [0.29, 0.717) is 24.6 Å². The fourth-order valence-corrected chi connectivity index (χ4v) is 6.51. The molecule has 2 aliphatic rings. The fraction of sp³-hybridized carbons (Fsp3) is 0.485. The van der Waals surface area contributed by atoms with E-state index in [1.165, 1.54) is 6.42 Å². The normalized spacial score (nSPS) is 20.1. The molecule has 14 heteroatoms. The number of hydrogen-bond acceptors (Lipinski definition) is 10. The Hall–Kier alpha value is -4.30.